The molecule has 0 spiro atoms. The second-order valence-electron chi connectivity index (χ2n) is 3.60. The van der Waals surface area contributed by atoms with Crippen molar-refractivity contribution in [2.45, 2.75) is 37.4 Å². The van der Waals surface area contributed by atoms with E-state index in [0.717, 1.165) is 6.92 Å². The van der Waals surface area contributed by atoms with Crippen molar-refractivity contribution in [1.82, 2.24) is 0 Å². The van der Waals surface area contributed by atoms with E-state index in [1.165, 1.54) is 0 Å². The molecule has 8 nitrogen and oxygen atoms in total. The molecule has 0 aromatic heterocycles. The molecule has 5 atom stereocenters. The predicted octanol–water partition coefficient (Wildman–Crippen LogP) is -4.57. The molecule has 0 aliphatic carbocycles. The van der Waals surface area contributed by atoms with Gasteiger partial charge in [0.05, 0.1) is 6.61 Å². The van der Waals surface area contributed by atoms with Crippen LogP contribution in [0.4, 0.5) is 0 Å². The van der Waals surface area contributed by atoms with Gasteiger partial charge in [0, 0.05) is 0 Å². The molecular formula is C9H20CaO8. The molecule has 0 bridgehead atoms. The molecule has 0 saturated heterocycles. The van der Waals surface area contributed by atoms with Gasteiger partial charge in [0.25, 0.3) is 0 Å². The van der Waals surface area contributed by atoms with E-state index in [0.29, 0.717) is 0 Å². The first kappa shape index (κ1) is 20.8. The van der Waals surface area contributed by atoms with Crippen molar-refractivity contribution in [3.63, 3.8) is 0 Å². The number of rotatable bonds is 7. The van der Waals surface area contributed by atoms with Crippen LogP contribution in [-0.2, 0) is 9.53 Å². The van der Waals surface area contributed by atoms with Gasteiger partial charge in [-0.05, 0) is 6.92 Å². The Hall–Kier alpha value is 0.490. The summed E-state index contributed by atoms with van der Waals surface area (Å²) in [7, 11) is 0. The zero-order valence-corrected chi connectivity index (χ0v) is 9.30. The number of carbonyl (C=O) groups excluding carboxylic acids is 1. The Labute approximate surface area is 134 Å². The average Bonchev–Trinajstić information content (AvgIpc) is 2.32. The summed E-state index contributed by atoms with van der Waals surface area (Å²) in [6.07, 6.45) is -8.20. The van der Waals surface area contributed by atoms with Crippen LogP contribution in [0.1, 0.15) is 6.92 Å². The Kier molecular flexibility index (Phi) is 11.9. The predicted molar refractivity (Wildman–Crippen MR) is 62.3 cm³/mol. The molecule has 0 rings (SSSR count). The van der Waals surface area contributed by atoms with Crippen molar-refractivity contribution >= 4 is 43.7 Å². The van der Waals surface area contributed by atoms with Gasteiger partial charge in [0.15, 0.2) is 0 Å². The minimum absolute atomic E-state index is 0. The Balaban J connectivity index is 0. The quantitative estimate of drug-likeness (QED) is 0.203. The Morgan fingerprint density at radius 2 is 1.50 bits per heavy atom. The number of aliphatic hydroxyl groups excluding tert-OH is 6. The van der Waals surface area contributed by atoms with Crippen molar-refractivity contribution in [3.8, 4) is 0 Å². The first-order valence-electron chi connectivity index (χ1n) is 4.99. The molecule has 106 valence electrons. The molecule has 1 unspecified atom stereocenters. The van der Waals surface area contributed by atoms with Crippen LogP contribution >= 0.6 is 0 Å². The van der Waals surface area contributed by atoms with E-state index >= 15 is 0 Å². The third kappa shape index (κ3) is 7.17. The van der Waals surface area contributed by atoms with Gasteiger partial charge in [-0.1, -0.05) is 0 Å². The van der Waals surface area contributed by atoms with E-state index in [2.05, 4.69) is 4.74 Å². The first-order chi connectivity index (χ1) is 7.81. The monoisotopic (exact) mass is 296 g/mol. The summed E-state index contributed by atoms with van der Waals surface area (Å²) in [6, 6.07) is 0. The molecule has 0 fully saturated rings. The van der Waals surface area contributed by atoms with Gasteiger partial charge >= 0.3 is 43.7 Å². The van der Waals surface area contributed by atoms with Crippen LogP contribution in [0.2, 0.25) is 0 Å². The van der Waals surface area contributed by atoms with E-state index in [4.69, 9.17) is 15.3 Å². The van der Waals surface area contributed by atoms with Crippen molar-refractivity contribution in [2.75, 3.05) is 13.2 Å². The van der Waals surface area contributed by atoms with Gasteiger partial charge in [-0.15, -0.1) is 0 Å². The summed E-state index contributed by atoms with van der Waals surface area (Å²) in [5.41, 5.74) is 0. The Morgan fingerprint density at radius 1 is 1.06 bits per heavy atom. The van der Waals surface area contributed by atoms with Crippen molar-refractivity contribution in [1.29, 1.82) is 0 Å². The summed E-state index contributed by atoms with van der Waals surface area (Å²) < 4.78 is 4.40. The molecule has 0 aliphatic heterocycles. The molecule has 0 radical (unpaired) electrons. The number of ether oxygens (including phenoxy) is 1. The van der Waals surface area contributed by atoms with E-state index in [-0.39, 0.29) is 37.7 Å². The number of esters is 1. The molecule has 0 heterocycles. The van der Waals surface area contributed by atoms with Gasteiger partial charge < -0.3 is 35.4 Å². The normalized spacial score (nSPS) is 19.1. The molecule has 0 aromatic rings. The standard InChI is InChI=1S/C9H18O8.Ca.2H/c1-4(11)9(16)17-3-6(13)8(15)7(14)5(12)2-10;;;/h4-8,10-15H,2-3H2,1H3;;;/t4?,5-,6-,7-,8-;;;/m1.../s1. The maximum absolute atomic E-state index is 10.8. The van der Waals surface area contributed by atoms with E-state index in [9.17, 15) is 20.1 Å². The number of hydrogen-bond donors (Lipinski definition) is 6. The molecule has 0 saturated carbocycles. The topological polar surface area (TPSA) is 148 Å². The molecule has 0 aliphatic rings. The van der Waals surface area contributed by atoms with Gasteiger partial charge in [-0.25, -0.2) is 4.79 Å². The zero-order valence-electron chi connectivity index (χ0n) is 9.30. The summed E-state index contributed by atoms with van der Waals surface area (Å²) in [5.74, 6) is -0.992. The second-order valence-corrected chi connectivity index (χ2v) is 3.60. The van der Waals surface area contributed by atoms with Crippen molar-refractivity contribution in [2.24, 2.45) is 0 Å². The molecular weight excluding hydrogens is 276 g/mol. The van der Waals surface area contributed by atoms with Crippen molar-refractivity contribution < 1.29 is 40.2 Å². The third-order valence-corrected chi connectivity index (χ3v) is 2.06. The van der Waals surface area contributed by atoms with Crippen LogP contribution in [0.15, 0.2) is 0 Å². The zero-order chi connectivity index (χ0) is 13.6. The van der Waals surface area contributed by atoms with Crippen LogP contribution in [-0.4, -0.2) is 118 Å². The fraction of sp³-hybridized carbons (Fsp3) is 0.889. The SMILES string of the molecule is CC(O)C(=O)OC[C@@H](O)[C@@H](O)[C@H](O)[C@H](O)CO.[CaH2]. The average molecular weight is 296 g/mol. The van der Waals surface area contributed by atoms with Gasteiger partial charge in [-0.2, -0.15) is 0 Å². The molecule has 6 N–H and O–H groups in total. The molecule has 0 amide bonds. The number of carbonyl (C=O) groups is 1. The van der Waals surface area contributed by atoms with Gasteiger partial charge in [-0.3, -0.25) is 0 Å². The van der Waals surface area contributed by atoms with E-state index in [1.54, 1.807) is 0 Å². The van der Waals surface area contributed by atoms with Crippen LogP contribution in [0.3, 0.4) is 0 Å². The Morgan fingerprint density at radius 3 is 1.89 bits per heavy atom. The number of hydrogen-bond acceptors (Lipinski definition) is 8. The summed E-state index contributed by atoms with van der Waals surface area (Å²) >= 11 is 0. The molecule has 18 heavy (non-hydrogen) atoms. The molecule has 0 aromatic carbocycles. The van der Waals surface area contributed by atoms with Crippen LogP contribution in [0, 0.1) is 0 Å². The minimum atomic E-state index is -1.79. The van der Waals surface area contributed by atoms with E-state index < -0.39 is 49.7 Å². The fourth-order valence-electron chi connectivity index (χ4n) is 0.950. The van der Waals surface area contributed by atoms with Crippen molar-refractivity contribution in [3.05, 3.63) is 0 Å². The van der Waals surface area contributed by atoms with E-state index in [1.807, 2.05) is 0 Å². The summed E-state index contributed by atoms with van der Waals surface area (Å²) in [6.45, 7) is -0.284. The van der Waals surface area contributed by atoms with Gasteiger partial charge in [0.2, 0.25) is 0 Å². The molecule has 9 heteroatoms. The number of aliphatic hydroxyl groups is 6. The summed E-state index contributed by atoms with van der Waals surface area (Å²) in [4.78, 5) is 10.8. The maximum atomic E-state index is 10.8. The second kappa shape index (κ2) is 10.3. The van der Waals surface area contributed by atoms with Gasteiger partial charge in [0.1, 0.15) is 37.1 Å². The van der Waals surface area contributed by atoms with Crippen LogP contribution in [0.25, 0.3) is 0 Å². The van der Waals surface area contributed by atoms with Crippen LogP contribution in [0.5, 0.6) is 0 Å². The first-order valence-corrected chi connectivity index (χ1v) is 4.99. The fourth-order valence-corrected chi connectivity index (χ4v) is 0.950. The van der Waals surface area contributed by atoms with Crippen LogP contribution < -0.4 is 0 Å². The summed E-state index contributed by atoms with van der Waals surface area (Å²) in [5, 5.41) is 54.1. The Bertz CT molecular complexity index is 237. The third-order valence-electron chi connectivity index (χ3n) is 2.06.